The Morgan fingerprint density at radius 2 is 2.03 bits per heavy atom. The molecule has 15 heteroatoms. The largest absolute Gasteiger partial charge is 0.516 e. The lowest BCUT2D eigenvalue weighted by molar-refractivity contribution is -0.0429. The van der Waals surface area contributed by atoms with Gasteiger partial charge in [0.1, 0.15) is 5.69 Å². The maximum atomic E-state index is 13.1. The standard InChI is InChI=1S/C20H25F3N6O4S2/c1-4-5-8-29-9-6-7-13-10-14(15(11-16(13)29)28-35(31,32)20(21,22)23)24-26-19-27-25-17(34-19)18(30)33-12(2)3/h10-12,28H,4-9H2,1-3H3. The smallest absolute Gasteiger partial charge is 0.458 e. The summed E-state index contributed by atoms with van der Waals surface area (Å²) in [5, 5.41) is 15.1. The highest BCUT2D eigenvalue weighted by molar-refractivity contribution is 7.93. The zero-order chi connectivity index (χ0) is 25.8. The number of ether oxygens (including phenoxy) is 1. The minimum Gasteiger partial charge on any atom is -0.458 e. The predicted octanol–water partition coefficient (Wildman–Crippen LogP) is 5.33. The lowest BCUT2D eigenvalue weighted by atomic mass is 10.00. The van der Waals surface area contributed by atoms with Gasteiger partial charge < -0.3 is 9.64 Å². The van der Waals surface area contributed by atoms with Gasteiger partial charge in [-0.3, -0.25) is 4.72 Å². The second-order valence-electron chi connectivity index (χ2n) is 8.04. The van der Waals surface area contributed by atoms with E-state index in [0.29, 0.717) is 25.2 Å². The summed E-state index contributed by atoms with van der Waals surface area (Å²) in [6.07, 6.45) is 2.92. The number of unbranched alkanes of at least 4 members (excludes halogenated alkanes) is 1. The highest BCUT2D eigenvalue weighted by atomic mass is 32.2. The minimum atomic E-state index is -5.69. The Balaban J connectivity index is 1.98. The quantitative estimate of drug-likeness (QED) is 0.340. The van der Waals surface area contributed by atoms with E-state index >= 15 is 0 Å². The molecule has 1 aromatic carbocycles. The van der Waals surface area contributed by atoms with E-state index in [1.165, 1.54) is 12.1 Å². The van der Waals surface area contributed by atoms with Crippen LogP contribution in [-0.2, 0) is 21.2 Å². The number of fused-ring (bicyclic) bond motifs is 1. The number of aryl methyl sites for hydroxylation is 1. The van der Waals surface area contributed by atoms with E-state index < -0.39 is 21.5 Å². The molecule has 0 amide bonds. The third-order valence-electron chi connectivity index (χ3n) is 4.92. The van der Waals surface area contributed by atoms with Gasteiger partial charge in [-0.2, -0.15) is 21.6 Å². The topological polar surface area (TPSA) is 126 Å². The number of hydrogen-bond acceptors (Lipinski definition) is 10. The molecule has 35 heavy (non-hydrogen) atoms. The second-order valence-corrected chi connectivity index (χ2v) is 10.7. The number of alkyl halides is 3. The summed E-state index contributed by atoms with van der Waals surface area (Å²) in [4.78, 5) is 14.0. The summed E-state index contributed by atoms with van der Waals surface area (Å²) in [5.41, 5.74) is -4.52. The molecule has 0 spiro atoms. The third-order valence-corrected chi connectivity index (χ3v) is 6.80. The van der Waals surface area contributed by atoms with Gasteiger partial charge in [0.25, 0.3) is 5.13 Å². The zero-order valence-electron chi connectivity index (χ0n) is 19.3. The Hall–Kier alpha value is -2.81. The number of carbonyl (C=O) groups is 1. The van der Waals surface area contributed by atoms with Crippen molar-refractivity contribution in [1.29, 1.82) is 0 Å². The van der Waals surface area contributed by atoms with E-state index in [4.69, 9.17) is 4.74 Å². The van der Waals surface area contributed by atoms with Crippen molar-refractivity contribution in [2.45, 2.75) is 58.1 Å². The molecule has 192 valence electrons. The van der Waals surface area contributed by atoms with Gasteiger partial charge in [0.05, 0.1) is 11.8 Å². The Morgan fingerprint density at radius 3 is 2.69 bits per heavy atom. The number of anilines is 2. The van der Waals surface area contributed by atoms with Crippen LogP contribution in [0.15, 0.2) is 22.4 Å². The summed E-state index contributed by atoms with van der Waals surface area (Å²) >= 11 is 0.780. The van der Waals surface area contributed by atoms with Crippen LogP contribution in [0.3, 0.4) is 0 Å². The highest BCUT2D eigenvalue weighted by Crippen LogP contribution is 2.39. The SMILES string of the molecule is CCCCN1CCCc2cc(N=Nc3nnc(C(=O)OC(C)C)s3)c(NS(=O)(=O)C(F)(F)F)cc21. The van der Waals surface area contributed by atoms with Gasteiger partial charge in [-0.05, 0) is 50.8 Å². The molecule has 0 bridgehead atoms. The number of benzene rings is 1. The molecule has 1 aliphatic rings. The number of esters is 1. The molecule has 0 unspecified atom stereocenters. The van der Waals surface area contributed by atoms with E-state index in [-0.39, 0.29) is 27.6 Å². The van der Waals surface area contributed by atoms with Crippen LogP contribution in [0, 0.1) is 0 Å². The van der Waals surface area contributed by atoms with Crippen LogP contribution in [0.5, 0.6) is 0 Å². The molecule has 3 rings (SSSR count). The van der Waals surface area contributed by atoms with E-state index in [2.05, 4.69) is 20.4 Å². The maximum Gasteiger partial charge on any atom is 0.516 e. The fourth-order valence-electron chi connectivity index (χ4n) is 3.34. The molecule has 0 fully saturated rings. The number of nitrogens with zero attached hydrogens (tertiary/aromatic N) is 5. The van der Waals surface area contributed by atoms with E-state index in [9.17, 15) is 26.4 Å². The number of sulfonamides is 1. The Morgan fingerprint density at radius 1 is 1.29 bits per heavy atom. The number of rotatable bonds is 9. The number of aromatic nitrogens is 2. The molecule has 0 saturated heterocycles. The van der Waals surface area contributed by atoms with Crippen LogP contribution in [0.25, 0.3) is 0 Å². The number of halogens is 3. The summed E-state index contributed by atoms with van der Waals surface area (Å²) in [5.74, 6) is -0.696. The summed E-state index contributed by atoms with van der Waals surface area (Å²) in [6.45, 7) is 6.76. The average molecular weight is 535 g/mol. The normalized spacial score (nSPS) is 14.4. The molecule has 0 aliphatic carbocycles. The number of nitrogens with one attached hydrogen (secondary N) is 1. The van der Waals surface area contributed by atoms with Gasteiger partial charge in [0.15, 0.2) is 0 Å². The predicted molar refractivity (Wildman–Crippen MR) is 125 cm³/mol. The van der Waals surface area contributed by atoms with Crippen molar-refractivity contribution in [2.75, 3.05) is 22.7 Å². The van der Waals surface area contributed by atoms with Gasteiger partial charge in [-0.15, -0.1) is 20.4 Å². The number of azo groups is 1. The fraction of sp³-hybridized carbons (Fsp3) is 0.550. The summed E-state index contributed by atoms with van der Waals surface area (Å²) < 4.78 is 69.5. The lowest BCUT2D eigenvalue weighted by Gasteiger charge is -2.32. The Bertz CT molecular complexity index is 1200. The minimum absolute atomic E-state index is 0.0485. The molecule has 1 aliphatic heterocycles. The second kappa shape index (κ2) is 10.8. The molecule has 10 nitrogen and oxygen atoms in total. The van der Waals surface area contributed by atoms with Crippen LogP contribution in [0.4, 0.5) is 35.4 Å². The van der Waals surface area contributed by atoms with E-state index in [0.717, 1.165) is 36.2 Å². The fourth-order valence-corrected chi connectivity index (χ4v) is 4.46. The monoisotopic (exact) mass is 534 g/mol. The van der Waals surface area contributed by atoms with Crippen molar-refractivity contribution >= 4 is 49.5 Å². The molecule has 1 aromatic heterocycles. The van der Waals surface area contributed by atoms with Crippen molar-refractivity contribution in [3.8, 4) is 0 Å². The van der Waals surface area contributed by atoms with Crippen molar-refractivity contribution in [3.05, 3.63) is 22.7 Å². The van der Waals surface area contributed by atoms with Gasteiger partial charge >= 0.3 is 21.5 Å². The summed E-state index contributed by atoms with van der Waals surface area (Å²) in [7, 11) is -5.69. The van der Waals surface area contributed by atoms with Crippen molar-refractivity contribution in [2.24, 2.45) is 10.2 Å². The average Bonchev–Trinajstić information content (AvgIpc) is 3.24. The zero-order valence-corrected chi connectivity index (χ0v) is 20.9. The highest BCUT2D eigenvalue weighted by Gasteiger charge is 2.46. The molecule has 0 saturated carbocycles. The third kappa shape index (κ3) is 6.66. The molecule has 2 aromatic rings. The van der Waals surface area contributed by atoms with E-state index in [1.54, 1.807) is 18.6 Å². The molecule has 1 N–H and O–H groups in total. The van der Waals surface area contributed by atoms with Crippen molar-refractivity contribution in [1.82, 2.24) is 10.2 Å². The Labute approximate surface area is 204 Å². The lowest BCUT2D eigenvalue weighted by Crippen LogP contribution is -2.32. The maximum absolute atomic E-state index is 13.1. The molecular formula is C20H25F3N6O4S2. The Kier molecular flexibility index (Phi) is 8.30. The van der Waals surface area contributed by atoms with Gasteiger partial charge in [-0.1, -0.05) is 24.7 Å². The van der Waals surface area contributed by atoms with Crippen LogP contribution < -0.4 is 9.62 Å². The van der Waals surface area contributed by atoms with Crippen LogP contribution in [-0.4, -0.2) is 49.3 Å². The van der Waals surface area contributed by atoms with E-state index in [1.807, 2.05) is 11.8 Å². The molecule has 0 atom stereocenters. The van der Waals surface area contributed by atoms with Gasteiger partial charge in [0.2, 0.25) is 5.01 Å². The van der Waals surface area contributed by atoms with Crippen LogP contribution in [0.2, 0.25) is 0 Å². The molecule has 2 heterocycles. The van der Waals surface area contributed by atoms with Crippen molar-refractivity contribution < 1.29 is 31.1 Å². The first-order valence-corrected chi connectivity index (χ1v) is 13.2. The van der Waals surface area contributed by atoms with Gasteiger partial charge in [-0.25, -0.2) is 4.79 Å². The van der Waals surface area contributed by atoms with Crippen LogP contribution in [0.1, 0.15) is 55.4 Å². The van der Waals surface area contributed by atoms with Crippen molar-refractivity contribution in [3.63, 3.8) is 0 Å². The molecule has 0 radical (unpaired) electrons. The first kappa shape index (κ1) is 26.8. The van der Waals surface area contributed by atoms with Crippen LogP contribution >= 0.6 is 11.3 Å². The molecular weight excluding hydrogens is 509 g/mol. The summed E-state index contributed by atoms with van der Waals surface area (Å²) in [6, 6.07) is 2.87. The first-order chi connectivity index (χ1) is 16.4. The number of hydrogen-bond donors (Lipinski definition) is 1. The van der Waals surface area contributed by atoms with Gasteiger partial charge in [0, 0.05) is 18.8 Å². The number of carbonyl (C=O) groups excluding carboxylic acids is 1. The first-order valence-electron chi connectivity index (χ1n) is 10.9.